The highest BCUT2D eigenvalue weighted by atomic mass is 16.6. The van der Waals surface area contributed by atoms with Crippen LogP contribution >= 0.6 is 0 Å². The van der Waals surface area contributed by atoms with Crippen LogP contribution in [-0.2, 0) is 4.74 Å². The Morgan fingerprint density at radius 1 is 1.37 bits per heavy atom. The number of hydroxylamine groups is 1. The topological polar surface area (TPSA) is 145 Å². The van der Waals surface area contributed by atoms with E-state index < -0.39 is 28.3 Å². The third kappa shape index (κ3) is 5.30. The zero-order valence-electron chi connectivity index (χ0n) is 18.7. The van der Waals surface area contributed by atoms with E-state index in [9.17, 15) is 25.2 Å². The minimum Gasteiger partial charge on any atom is -0.631 e. The molecule has 0 saturated carbocycles. The van der Waals surface area contributed by atoms with E-state index in [0.717, 1.165) is 11.9 Å². The van der Waals surface area contributed by atoms with Crippen LogP contribution in [0.25, 0.3) is 0 Å². The second-order valence-electron chi connectivity index (χ2n) is 9.40. The van der Waals surface area contributed by atoms with Crippen LogP contribution in [0.4, 0.5) is 4.79 Å². The van der Waals surface area contributed by atoms with E-state index in [0.29, 0.717) is 36.4 Å². The normalized spacial score (nSPS) is 28.3. The number of aliphatic hydroxyl groups is 1. The number of likely N-dealkylation sites (tertiary alicyclic amines) is 1. The molecule has 1 fully saturated rings. The first kappa shape index (κ1) is 24.1. The number of nitro groups is 1. The SMILES string of the molecule is CC(=C(C1=C([NH2+][O-])CCC1)N1CC(C)C(C)(O)C(NC(=O)OC(C)(C)C)C1)[N+](=O)[O-]. The van der Waals surface area contributed by atoms with E-state index in [1.165, 1.54) is 6.92 Å². The molecule has 0 bridgehead atoms. The van der Waals surface area contributed by atoms with Crippen LogP contribution in [0.3, 0.4) is 0 Å². The molecule has 1 saturated heterocycles. The van der Waals surface area contributed by atoms with Crippen molar-refractivity contribution in [3.63, 3.8) is 0 Å². The van der Waals surface area contributed by atoms with E-state index in [1.54, 1.807) is 27.7 Å². The number of alkyl carbamates (subject to hydrolysis) is 1. The van der Waals surface area contributed by atoms with Gasteiger partial charge in [0.25, 0.3) is 5.70 Å². The van der Waals surface area contributed by atoms with Crippen molar-refractivity contribution in [1.82, 2.24) is 10.2 Å². The number of rotatable bonds is 5. The average Bonchev–Trinajstić information content (AvgIpc) is 3.06. The second-order valence-corrected chi connectivity index (χ2v) is 9.40. The summed E-state index contributed by atoms with van der Waals surface area (Å²) in [4.78, 5) is 25.4. The molecular weight excluding hydrogens is 392 g/mol. The van der Waals surface area contributed by atoms with Crippen LogP contribution in [0.1, 0.15) is 60.8 Å². The number of nitrogens with two attached hydrogens (primary N) is 1. The molecule has 30 heavy (non-hydrogen) atoms. The molecule has 10 nitrogen and oxygen atoms in total. The molecular formula is C20H34N4O6. The number of piperidine rings is 1. The molecule has 3 unspecified atom stereocenters. The van der Waals surface area contributed by atoms with Crippen LogP contribution in [0, 0.1) is 21.2 Å². The summed E-state index contributed by atoms with van der Waals surface area (Å²) in [5.74, 6) is -0.303. The van der Waals surface area contributed by atoms with Crippen molar-refractivity contribution in [2.24, 2.45) is 5.92 Å². The molecule has 2 aliphatic rings. The van der Waals surface area contributed by atoms with Gasteiger partial charge in [-0.1, -0.05) is 6.92 Å². The zero-order valence-corrected chi connectivity index (χ0v) is 18.7. The fourth-order valence-electron chi connectivity index (χ4n) is 4.05. The third-order valence-corrected chi connectivity index (χ3v) is 5.91. The first-order valence-corrected chi connectivity index (χ1v) is 10.3. The number of carbonyl (C=O) groups is 1. The Kier molecular flexibility index (Phi) is 7.16. The lowest BCUT2D eigenvalue weighted by atomic mass is 9.79. The molecule has 10 heteroatoms. The lowest BCUT2D eigenvalue weighted by Crippen LogP contribution is -2.75. The van der Waals surface area contributed by atoms with Gasteiger partial charge in [-0.2, -0.15) is 0 Å². The Balaban J connectivity index is 2.40. The van der Waals surface area contributed by atoms with Crippen LogP contribution in [0.2, 0.25) is 0 Å². The Bertz CT molecular complexity index is 753. The smallest absolute Gasteiger partial charge is 0.408 e. The van der Waals surface area contributed by atoms with Gasteiger partial charge in [-0.15, -0.1) is 0 Å². The molecule has 1 heterocycles. The molecule has 1 aliphatic carbocycles. The van der Waals surface area contributed by atoms with Gasteiger partial charge in [-0.3, -0.25) is 10.1 Å². The summed E-state index contributed by atoms with van der Waals surface area (Å²) in [5, 5.41) is 36.9. The van der Waals surface area contributed by atoms with Crippen molar-refractivity contribution >= 4 is 6.09 Å². The number of nitrogens with one attached hydrogen (secondary N) is 1. The van der Waals surface area contributed by atoms with Gasteiger partial charge in [0, 0.05) is 37.9 Å². The number of nitrogens with zero attached hydrogens (tertiary/aromatic N) is 2. The van der Waals surface area contributed by atoms with Crippen molar-refractivity contribution in [3.05, 3.63) is 38.0 Å². The maximum absolute atomic E-state index is 12.4. The number of hydrogen-bond acceptors (Lipinski definition) is 7. The van der Waals surface area contributed by atoms with Gasteiger partial charge in [0.1, 0.15) is 17.0 Å². The molecule has 0 aromatic carbocycles. The summed E-state index contributed by atoms with van der Waals surface area (Å²) >= 11 is 0. The van der Waals surface area contributed by atoms with Crippen molar-refractivity contribution in [3.8, 4) is 0 Å². The molecule has 0 aromatic rings. The first-order chi connectivity index (χ1) is 13.8. The number of carbonyl (C=O) groups excluding carboxylic acids is 1. The van der Waals surface area contributed by atoms with Crippen molar-refractivity contribution in [2.45, 2.75) is 78.0 Å². The Labute approximate surface area is 177 Å². The van der Waals surface area contributed by atoms with Gasteiger partial charge in [0.05, 0.1) is 16.6 Å². The summed E-state index contributed by atoms with van der Waals surface area (Å²) in [5.41, 5.74) is 0.468. The minimum absolute atomic E-state index is 0.0454. The standard InChI is InChI=1S/C20H34N4O6/c1-12-10-23(11-16(20(12,6)26)21-18(25)30-19(3,4)5)17(13(2)24(28)29)14-8-7-9-15(14)22-27/h12,16,26H,7-11,22H2,1-6H3,(H,21,25). The molecule has 4 N–H and O–H groups in total. The summed E-state index contributed by atoms with van der Waals surface area (Å²) in [7, 11) is 0. The van der Waals surface area contributed by atoms with Gasteiger partial charge < -0.3 is 30.7 Å². The molecule has 0 aromatic heterocycles. The predicted molar refractivity (Wildman–Crippen MR) is 110 cm³/mol. The van der Waals surface area contributed by atoms with E-state index in [2.05, 4.69) is 5.32 Å². The van der Waals surface area contributed by atoms with Crippen molar-refractivity contribution in [1.29, 1.82) is 0 Å². The maximum Gasteiger partial charge on any atom is 0.408 e. The quantitative estimate of drug-likeness (QED) is 0.447. The van der Waals surface area contributed by atoms with Gasteiger partial charge >= 0.3 is 6.09 Å². The largest absolute Gasteiger partial charge is 0.631 e. The van der Waals surface area contributed by atoms with Crippen LogP contribution in [0.5, 0.6) is 0 Å². The molecule has 2 rings (SSSR count). The molecule has 170 valence electrons. The van der Waals surface area contributed by atoms with Crippen LogP contribution < -0.4 is 10.8 Å². The number of quaternary nitrogens is 1. The number of ether oxygens (including phenoxy) is 1. The summed E-state index contributed by atoms with van der Waals surface area (Å²) < 4.78 is 5.33. The number of hydrogen-bond donors (Lipinski definition) is 3. The Hall–Kier alpha value is -2.17. The summed E-state index contributed by atoms with van der Waals surface area (Å²) in [6.45, 7) is 10.7. The molecule has 0 spiro atoms. The number of allylic oxidation sites excluding steroid dienone is 3. The molecule has 1 amide bonds. The molecule has 3 atom stereocenters. The van der Waals surface area contributed by atoms with Gasteiger partial charge in [0.2, 0.25) is 0 Å². The monoisotopic (exact) mass is 426 g/mol. The average molecular weight is 427 g/mol. The lowest BCUT2D eigenvalue weighted by Gasteiger charge is -2.48. The van der Waals surface area contributed by atoms with E-state index >= 15 is 0 Å². The highest BCUT2D eigenvalue weighted by Crippen LogP contribution is 2.37. The Morgan fingerprint density at radius 2 is 2.00 bits per heavy atom. The third-order valence-electron chi connectivity index (χ3n) is 5.91. The highest BCUT2D eigenvalue weighted by molar-refractivity contribution is 5.68. The molecule has 0 radical (unpaired) electrons. The van der Waals surface area contributed by atoms with E-state index in [1.807, 2.05) is 11.8 Å². The molecule has 1 aliphatic heterocycles. The lowest BCUT2D eigenvalue weighted by molar-refractivity contribution is -0.538. The van der Waals surface area contributed by atoms with E-state index in [4.69, 9.17) is 4.74 Å². The fourth-order valence-corrected chi connectivity index (χ4v) is 4.05. The van der Waals surface area contributed by atoms with Gasteiger partial charge in [0.15, 0.2) is 0 Å². The highest BCUT2D eigenvalue weighted by Gasteiger charge is 2.46. The van der Waals surface area contributed by atoms with E-state index in [-0.39, 0.29) is 18.2 Å². The van der Waals surface area contributed by atoms with Crippen LogP contribution in [0.15, 0.2) is 22.7 Å². The summed E-state index contributed by atoms with van der Waals surface area (Å²) in [6, 6.07) is -0.715. The minimum atomic E-state index is -1.24. The predicted octanol–water partition coefficient (Wildman–Crippen LogP) is 1.59. The number of amides is 1. The van der Waals surface area contributed by atoms with Gasteiger partial charge in [-0.25, -0.2) is 4.79 Å². The second kappa shape index (κ2) is 8.91. The fraction of sp³-hybridized carbons (Fsp3) is 0.750. The van der Waals surface area contributed by atoms with Crippen LogP contribution in [-0.4, -0.2) is 51.4 Å². The van der Waals surface area contributed by atoms with Gasteiger partial charge in [-0.05, 0) is 40.5 Å². The zero-order chi connectivity index (χ0) is 22.9. The van der Waals surface area contributed by atoms with Crippen molar-refractivity contribution < 1.29 is 25.0 Å². The van der Waals surface area contributed by atoms with Crippen molar-refractivity contribution in [2.75, 3.05) is 13.1 Å². The summed E-state index contributed by atoms with van der Waals surface area (Å²) in [6.07, 6.45) is 1.28. The maximum atomic E-state index is 12.4. The first-order valence-electron chi connectivity index (χ1n) is 10.3. The Morgan fingerprint density at radius 3 is 2.53 bits per heavy atom.